The molecule has 10 heteroatoms. The van der Waals surface area contributed by atoms with E-state index < -0.39 is 11.7 Å². The maximum Gasteiger partial charge on any atom is 0.259 e. The summed E-state index contributed by atoms with van der Waals surface area (Å²) in [5.41, 5.74) is 2.47. The first kappa shape index (κ1) is 22.3. The molecule has 0 aliphatic carbocycles. The molecule has 0 spiro atoms. The average molecular weight is 449 g/mol. The van der Waals surface area contributed by atoms with E-state index in [1.807, 2.05) is 44.6 Å². The van der Waals surface area contributed by atoms with Crippen molar-refractivity contribution in [2.75, 3.05) is 5.32 Å². The molecule has 0 aliphatic heterocycles. The van der Waals surface area contributed by atoms with Crippen molar-refractivity contribution in [3.05, 3.63) is 59.5 Å². The fourth-order valence-corrected chi connectivity index (χ4v) is 3.41. The summed E-state index contributed by atoms with van der Waals surface area (Å²) < 4.78 is 18.2. The molecule has 3 aromatic heterocycles. The van der Waals surface area contributed by atoms with Gasteiger partial charge in [0.25, 0.3) is 5.91 Å². The lowest BCUT2D eigenvalue weighted by Crippen LogP contribution is -2.15. The van der Waals surface area contributed by atoms with E-state index in [1.165, 1.54) is 12.1 Å². The fourth-order valence-electron chi connectivity index (χ4n) is 3.41. The lowest BCUT2D eigenvalue weighted by molar-refractivity contribution is 0.102. The van der Waals surface area contributed by atoms with Crippen molar-refractivity contribution in [3.8, 4) is 22.8 Å². The number of tetrazole rings is 1. The Morgan fingerprint density at radius 1 is 1.06 bits per heavy atom. The summed E-state index contributed by atoms with van der Waals surface area (Å²) in [4.78, 5) is 17.4. The Kier molecular flexibility index (Phi) is 5.99. The molecule has 1 aromatic carbocycles. The van der Waals surface area contributed by atoms with Crippen LogP contribution in [-0.4, -0.2) is 40.9 Å². The van der Waals surface area contributed by atoms with Crippen LogP contribution in [0.3, 0.4) is 0 Å². The van der Waals surface area contributed by atoms with Crippen LogP contribution < -0.4 is 5.32 Å². The Morgan fingerprint density at radius 2 is 1.85 bits per heavy atom. The SMILES string of the molecule is Cc1cc(F)c(C(=O)Nc2cccc(-c3nnnn3C(C)C)n2)cc1-c1ccn(C(C)C)n1. The molecule has 1 amide bonds. The first-order chi connectivity index (χ1) is 15.7. The van der Waals surface area contributed by atoms with Crippen molar-refractivity contribution >= 4 is 11.7 Å². The highest BCUT2D eigenvalue weighted by molar-refractivity contribution is 6.04. The highest BCUT2D eigenvalue weighted by Gasteiger charge is 2.19. The molecule has 0 aliphatic rings. The van der Waals surface area contributed by atoms with Crippen LogP contribution >= 0.6 is 0 Å². The highest BCUT2D eigenvalue weighted by Crippen LogP contribution is 2.26. The van der Waals surface area contributed by atoms with Crippen LogP contribution in [0, 0.1) is 12.7 Å². The lowest BCUT2D eigenvalue weighted by Gasteiger charge is -2.11. The normalized spacial score (nSPS) is 11.4. The molecule has 0 saturated carbocycles. The second-order valence-electron chi connectivity index (χ2n) is 8.32. The second-order valence-corrected chi connectivity index (χ2v) is 8.32. The Bertz CT molecular complexity index is 1310. The summed E-state index contributed by atoms with van der Waals surface area (Å²) in [7, 11) is 0. The van der Waals surface area contributed by atoms with Gasteiger partial charge in [0.15, 0.2) is 0 Å². The number of carbonyl (C=O) groups excluding carboxylic acids is 1. The van der Waals surface area contributed by atoms with Crippen molar-refractivity contribution in [3.63, 3.8) is 0 Å². The number of aromatic nitrogens is 7. The van der Waals surface area contributed by atoms with E-state index in [0.29, 0.717) is 28.3 Å². The molecule has 0 bridgehead atoms. The highest BCUT2D eigenvalue weighted by atomic mass is 19.1. The molecule has 0 radical (unpaired) electrons. The standard InChI is InChI=1S/C23H25FN8O/c1-13(2)31-10-9-19(28-31)16-12-17(18(24)11-15(16)5)23(33)26-21-8-6-7-20(25-21)22-27-29-30-32(22)14(3)4/h6-14H,1-5H3,(H,25,26,33). The molecule has 4 rings (SSSR count). The number of rotatable bonds is 6. The van der Waals surface area contributed by atoms with E-state index in [1.54, 1.807) is 29.8 Å². The van der Waals surface area contributed by atoms with Gasteiger partial charge in [0.2, 0.25) is 5.82 Å². The minimum atomic E-state index is -0.614. The fraction of sp³-hybridized carbons (Fsp3) is 0.304. The zero-order valence-electron chi connectivity index (χ0n) is 19.1. The van der Waals surface area contributed by atoms with Gasteiger partial charge in [-0.2, -0.15) is 5.10 Å². The number of hydrogen-bond donors (Lipinski definition) is 1. The van der Waals surface area contributed by atoms with E-state index >= 15 is 0 Å². The van der Waals surface area contributed by atoms with Gasteiger partial charge in [0.05, 0.1) is 17.3 Å². The van der Waals surface area contributed by atoms with Gasteiger partial charge in [0, 0.05) is 17.8 Å². The smallest absolute Gasteiger partial charge is 0.259 e. The van der Waals surface area contributed by atoms with Gasteiger partial charge in [-0.05, 0) is 80.9 Å². The Balaban J connectivity index is 1.63. The van der Waals surface area contributed by atoms with E-state index in [0.717, 1.165) is 0 Å². The zero-order chi connectivity index (χ0) is 23.7. The molecule has 33 heavy (non-hydrogen) atoms. The molecule has 170 valence electrons. The number of aryl methyl sites for hydroxylation is 1. The van der Waals surface area contributed by atoms with E-state index in [2.05, 4.69) is 30.9 Å². The molecule has 3 heterocycles. The molecular formula is C23H25FN8O. The summed E-state index contributed by atoms with van der Waals surface area (Å²) in [6, 6.07) is 10.1. The molecule has 0 fully saturated rings. The van der Waals surface area contributed by atoms with Crippen LogP contribution in [0.25, 0.3) is 22.8 Å². The van der Waals surface area contributed by atoms with Crippen LogP contribution in [-0.2, 0) is 0 Å². The van der Waals surface area contributed by atoms with Crippen LogP contribution in [0.5, 0.6) is 0 Å². The van der Waals surface area contributed by atoms with E-state index in [-0.39, 0.29) is 23.5 Å². The maximum atomic E-state index is 14.7. The van der Waals surface area contributed by atoms with Gasteiger partial charge < -0.3 is 5.32 Å². The predicted molar refractivity (Wildman–Crippen MR) is 122 cm³/mol. The quantitative estimate of drug-likeness (QED) is 0.467. The number of amides is 1. The summed E-state index contributed by atoms with van der Waals surface area (Å²) in [6.45, 7) is 9.74. The van der Waals surface area contributed by atoms with Crippen LogP contribution in [0.15, 0.2) is 42.6 Å². The average Bonchev–Trinajstić information content (AvgIpc) is 3.44. The van der Waals surface area contributed by atoms with E-state index in [9.17, 15) is 9.18 Å². The summed E-state index contributed by atoms with van der Waals surface area (Å²) in [6.07, 6.45) is 1.86. The minimum absolute atomic E-state index is 0.0364. The molecule has 9 nitrogen and oxygen atoms in total. The van der Waals surface area contributed by atoms with Crippen molar-refractivity contribution in [1.82, 2.24) is 35.0 Å². The minimum Gasteiger partial charge on any atom is -0.306 e. The largest absolute Gasteiger partial charge is 0.306 e. The van der Waals surface area contributed by atoms with Gasteiger partial charge in [-0.15, -0.1) is 5.10 Å². The predicted octanol–water partition coefficient (Wildman–Crippen LogP) is 4.46. The lowest BCUT2D eigenvalue weighted by atomic mass is 10.0. The van der Waals surface area contributed by atoms with E-state index in [4.69, 9.17) is 0 Å². The second kappa shape index (κ2) is 8.89. The Hall–Kier alpha value is -3.95. The molecule has 4 aromatic rings. The third kappa shape index (κ3) is 4.50. The summed E-state index contributed by atoms with van der Waals surface area (Å²) >= 11 is 0. The van der Waals surface area contributed by atoms with Crippen molar-refractivity contribution in [2.45, 2.75) is 46.7 Å². The Morgan fingerprint density at radius 3 is 2.55 bits per heavy atom. The number of nitrogens with one attached hydrogen (secondary N) is 1. The third-order valence-electron chi connectivity index (χ3n) is 5.17. The first-order valence-corrected chi connectivity index (χ1v) is 10.7. The van der Waals surface area contributed by atoms with Gasteiger partial charge in [0.1, 0.15) is 17.3 Å². The molecule has 0 unspecified atom stereocenters. The monoisotopic (exact) mass is 448 g/mol. The molecule has 0 saturated heterocycles. The van der Waals surface area contributed by atoms with Crippen molar-refractivity contribution in [2.24, 2.45) is 0 Å². The van der Waals surface area contributed by atoms with Gasteiger partial charge >= 0.3 is 0 Å². The molecule has 1 N–H and O–H groups in total. The first-order valence-electron chi connectivity index (χ1n) is 10.7. The number of pyridine rings is 1. The van der Waals surface area contributed by atoms with Gasteiger partial charge in [-0.25, -0.2) is 14.1 Å². The maximum absolute atomic E-state index is 14.7. The number of benzene rings is 1. The number of anilines is 1. The zero-order valence-corrected chi connectivity index (χ0v) is 19.1. The van der Waals surface area contributed by atoms with Crippen LogP contribution in [0.4, 0.5) is 10.2 Å². The van der Waals surface area contributed by atoms with Crippen molar-refractivity contribution in [1.29, 1.82) is 0 Å². The van der Waals surface area contributed by atoms with Gasteiger partial charge in [-0.1, -0.05) is 6.07 Å². The molecule has 0 atom stereocenters. The summed E-state index contributed by atoms with van der Waals surface area (Å²) in [5, 5.41) is 18.9. The summed E-state index contributed by atoms with van der Waals surface area (Å²) in [5.74, 6) is -0.478. The number of halogens is 1. The van der Waals surface area contributed by atoms with Crippen molar-refractivity contribution < 1.29 is 9.18 Å². The van der Waals surface area contributed by atoms with Crippen LogP contribution in [0.1, 0.15) is 55.7 Å². The Labute approximate surface area is 190 Å². The van der Waals surface area contributed by atoms with Crippen LogP contribution in [0.2, 0.25) is 0 Å². The topological polar surface area (TPSA) is 103 Å². The third-order valence-corrected chi connectivity index (χ3v) is 5.17. The van der Waals surface area contributed by atoms with Gasteiger partial charge in [-0.3, -0.25) is 9.48 Å². The molecular weight excluding hydrogens is 423 g/mol. The number of nitrogens with zero attached hydrogens (tertiary/aromatic N) is 7. The number of carbonyl (C=O) groups is 1. The number of hydrogen-bond acceptors (Lipinski definition) is 6.